The lowest BCUT2D eigenvalue weighted by molar-refractivity contribution is 0.0963. The molecule has 0 saturated heterocycles. The summed E-state index contributed by atoms with van der Waals surface area (Å²) in [6, 6.07) is 13.1. The topological polar surface area (TPSA) is 67.2 Å². The van der Waals surface area contributed by atoms with Gasteiger partial charge in [-0.15, -0.1) is 0 Å². The molecule has 0 spiro atoms. The Morgan fingerprint density at radius 2 is 2.05 bits per heavy atom. The fourth-order valence-corrected chi connectivity index (χ4v) is 2.37. The molecule has 3 aromatic rings. The van der Waals surface area contributed by atoms with Crippen LogP contribution in [0.5, 0.6) is 0 Å². The molecule has 0 aliphatic heterocycles. The van der Waals surface area contributed by atoms with E-state index < -0.39 is 0 Å². The molecule has 0 unspecified atom stereocenters. The Morgan fingerprint density at radius 1 is 1.27 bits per heavy atom. The number of fused-ring (bicyclic) bond motifs is 1. The molecular formula is C16H15BN3O2. The van der Waals surface area contributed by atoms with Crippen LogP contribution in [0.25, 0.3) is 11.0 Å². The first-order valence-electron chi connectivity index (χ1n) is 6.94. The number of amides is 1. The van der Waals surface area contributed by atoms with Crippen molar-refractivity contribution in [2.75, 3.05) is 7.05 Å². The molecule has 1 radical (unpaired) electrons. The lowest BCUT2D eigenvalue weighted by atomic mass is 9.88. The number of carbonyl (C=O) groups excluding carboxylic acids is 1. The highest BCUT2D eigenvalue weighted by atomic mass is 16.2. The van der Waals surface area contributed by atoms with Crippen molar-refractivity contribution in [3.63, 3.8) is 0 Å². The molecule has 0 saturated carbocycles. The van der Waals surface area contributed by atoms with Crippen LogP contribution in [-0.4, -0.2) is 35.0 Å². The average molecular weight is 292 g/mol. The molecule has 0 aliphatic carbocycles. The molecule has 22 heavy (non-hydrogen) atoms. The maximum absolute atomic E-state index is 11.8. The number of imidazole rings is 1. The normalized spacial score (nSPS) is 10.6. The van der Waals surface area contributed by atoms with E-state index in [9.17, 15) is 4.79 Å². The quantitative estimate of drug-likeness (QED) is 0.695. The molecule has 5 nitrogen and oxygen atoms in total. The van der Waals surface area contributed by atoms with E-state index in [0.717, 1.165) is 29.5 Å². The third-order valence-corrected chi connectivity index (χ3v) is 3.59. The Bertz CT molecular complexity index is 812. The van der Waals surface area contributed by atoms with Gasteiger partial charge in [-0.05, 0) is 23.8 Å². The van der Waals surface area contributed by atoms with Crippen molar-refractivity contribution < 1.29 is 9.82 Å². The van der Waals surface area contributed by atoms with Gasteiger partial charge >= 0.3 is 7.48 Å². The summed E-state index contributed by atoms with van der Waals surface area (Å²) < 4.78 is 2.00. The Morgan fingerprint density at radius 3 is 2.73 bits per heavy atom. The van der Waals surface area contributed by atoms with Crippen LogP contribution in [0.2, 0.25) is 0 Å². The molecule has 0 aliphatic rings. The monoisotopic (exact) mass is 292 g/mol. The summed E-state index contributed by atoms with van der Waals surface area (Å²) in [5, 5.41) is 11.6. The average Bonchev–Trinajstić information content (AvgIpc) is 2.97. The van der Waals surface area contributed by atoms with Crippen LogP contribution in [0.1, 0.15) is 15.9 Å². The van der Waals surface area contributed by atoms with Gasteiger partial charge in [0, 0.05) is 19.2 Å². The lowest BCUT2D eigenvalue weighted by Crippen LogP contribution is -2.17. The van der Waals surface area contributed by atoms with E-state index >= 15 is 0 Å². The molecule has 1 amide bonds. The summed E-state index contributed by atoms with van der Waals surface area (Å²) in [6.07, 6.45) is 1.77. The second-order valence-electron chi connectivity index (χ2n) is 5.03. The maximum atomic E-state index is 11.8. The number of hydrogen-bond acceptors (Lipinski definition) is 3. The highest BCUT2D eigenvalue weighted by Gasteiger charge is 2.08. The molecule has 2 N–H and O–H groups in total. The number of carbonyl (C=O) groups is 1. The van der Waals surface area contributed by atoms with Gasteiger partial charge in [0.05, 0.1) is 17.4 Å². The summed E-state index contributed by atoms with van der Waals surface area (Å²) in [7, 11) is 2.69. The highest BCUT2D eigenvalue weighted by molar-refractivity contribution is 6.45. The number of benzene rings is 2. The SMILES string of the molecule is CNC(=O)c1ccc2ncn(Cc3ccc([B]O)cc3)c2c1. The number of hydrogen-bond donors (Lipinski definition) is 2. The van der Waals surface area contributed by atoms with Crippen LogP contribution in [0.3, 0.4) is 0 Å². The van der Waals surface area contributed by atoms with Gasteiger partial charge in [-0.25, -0.2) is 4.98 Å². The van der Waals surface area contributed by atoms with Crippen molar-refractivity contribution in [1.29, 1.82) is 0 Å². The Hall–Kier alpha value is -2.60. The minimum absolute atomic E-state index is 0.113. The molecule has 0 fully saturated rings. The first-order chi connectivity index (χ1) is 10.7. The van der Waals surface area contributed by atoms with E-state index in [1.165, 1.54) is 0 Å². The van der Waals surface area contributed by atoms with Crippen molar-refractivity contribution >= 4 is 29.9 Å². The fourth-order valence-electron chi connectivity index (χ4n) is 2.37. The van der Waals surface area contributed by atoms with Crippen molar-refractivity contribution in [2.45, 2.75) is 6.54 Å². The zero-order chi connectivity index (χ0) is 15.5. The van der Waals surface area contributed by atoms with Gasteiger partial charge in [-0.1, -0.05) is 29.7 Å². The van der Waals surface area contributed by atoms with E-state index in [-0.39, 0.29) is 5.91 Å². The van der Waals surface area contributed by atoms with Gasteiger partial charge in [-0.3, -0.25) is 4.79 Å². The van der Waals surface area contributed by atoms with E-state index in [0.29, 0.717) is 12.1 Å². The van der Waals surface area contributed by atoms with Crippen LogP contribution in [0.4, 0.5) is 0 Å². The molecule has 109 valence electrons. The number of nitrogens with zero attached hydrogens (tertiary/aromatic N) is 2. The standard InChI is InChI=1S/C16H15BN3O2/c1-18-16(21)12-4-7-14-15(8-12)20(10-19-14)9-11-2-5-13(17-22)6-3-11/h2-8,10,22H,9H2,1H3,(H,18,21). The van der Waals surface area contributed by atoms with Gasteiger partial charge in [0.25, 0.3) is 5.91 Å². The third kappa shape index (κ3) is 2.73. The molecule has 1 heterocycles. The van der Waals surface area contributed by atoms with E-state index in [1.807, 2.05) is 41.0 Å². The molecule has 1 aromatic heterocycles. The summed E-state index contributed by atoms with van der Waals surface area (Å²) >= 11 is 0. The second-order valence-corrected chi connectivity index (χ2v) is 5.03. The van der Waals surface area contributed by atoms with Crippen LogP contribution in [0.15, 0.2) is 48.8 Å². The Kier molecular flexibility index (Phi) is 3.93. The Labute approximate surface area is 128 Å². The van der Waals surface area contributed by atoms with E-state index in [2.05, 4.69) is 10.3 Å². The summed E-state index contributed by atoms with van der Waals surface area (Å²) in [5.74, 6) is -0.113. The van der Waals surface area contributed by atoms with E-state index in [1.54, 1.807) is 19.4 Å². The van der Waals surface area contributed by atoms with Gasteiger partial charge in [0.1, 0.15) is 0 Å². The molecular weight excluding hydrogens is 277 g/mol. The smallest absolute Gasteiger partial charge is 0.326 e. The lowest BCUT2D eigenvalue weighted by Gasteiger charge is -2.06. The van der Waals surface area contributed by atoms with E-state index in [4.69, 9.17) is 5.02 Å². The van der Waals surface area contributed by atoms with Gasteiger partial charge < -0.3 is 14.9 Å². The van der Waals surface area contributed by atoms with Crippen molar-refractivity contribution in [2.24, 2.45) is 0 Å². The predicted octanol–water partition coefficient (Wildman–Crippen LogP) is 0.681. The zero-order valence-electron chi connectivity index (χ0n) is 12.2. The maximum Gasteiger partial charge on any atom is 0.326 e. The highest BCUT2D eigenvalue weighted by Crippen LogP contribution is 2.16. The largest absolute Gasteiger partial charge is 0.450 e. The molecule has 2 aromatic carbocycles. The summed E-state index contributed by atoms with van der Waals surface area (Å²) in [4.78, 5) is 16.1. The second kappa shape index (κ2) is 6.03. The minimum Gasteiger partial charge on any atom is -0.450 e. The van der Waals surface area contributed by atoms with Crippen LogP contribution in [0, 0.1) is 0 Å². The fraction of sp³-hybridized carbons (Fsp3) is 0.125. The predicted molar refractivity (Wildman–Crippen MR) is 86.3 cm³/mol. The molecule has 0 bridgehead atoms. The summed E-state index contributed by atoms with van der Waals surface area (Å²) in [5.41, 5.74) is 4.24. The van der Waals surface area contributed by atoms with Crippen molar-refractivity contribution in [3.05, 3.63) is 59.9 Å². The Balaban J connectivity index is 1.94. The number of nitrogens with one attached hydrogen (secondary N) is 1. The minimum atomic E-state index is -0.113. The van der Waals surface area contributed by atoms with Crippen molar-refractivity contribution in [3.8, 4) is 0 Å². The van der Waals surface area contributed by atoms with Crippen LogP contribution >= 0.6 is 0 Å². The van der Waals surface area contributed by atoms with Crippen molar-refractivity contribution in [1.82, 2.24) is 14.9 Å². The first-order valence-corrected chi connectivity index (χ1v) is 6.94. The summed E-state index contributed by atoms with van der Waals surface area (Å²) in [6.45, 7) is 0.652. The number of aromatic nitrogens is 2. The van der Waals surface area contributed by atoms with Gasteiger partial charge in [-0.2, -0.15) is 0 Å². The van der Waals surface area contributed by atoms with Gasteiger partial charge in [0.2, 0.25) is 0 Å². The van der Waals surface area contributed by atoms with Gasteiger partial charge in [0.15, 0.2) is 0 Å². The van der Waals surface area contributed by atoms with Crippen LogP contribution < -0.4 is 10.8 Å². The molecule has 0 atom stereocenters. The zero-order valence-corrected chi connectivity index (χ0v) is 12.2. The first kappa shape index (κ1) is 14.3. The molecule has 3 rings (SSSR count). The van der Waals surface area contributed by atoms with Crippen LogP contribution in [-0.2, 0) is 6.54 Å². The molecule has 6 heteroatoms. The third-order valence-electron chi connectivity index (χ3n) is 3.59. The number of rotatable bonds is 4.